The number of aromatic carboxylic acids is 1. The van der Waals surface area contributed by atoms with Crippen LogP contribution in [-0.4, -0.2) is 63.3 Å². The fraction of sp³-hybridized carbons (Fsp3) is 0.273. The third-order valence-corrected chi connectivity index (χ3v) is 4.43. The molecule has 31 heavy (non-hydrogen) atoms. The Morgan fingerprint density at radius 1 is 1.13 bits per heavy atom. The molecule has 0 atom stereocenters. The molecule has 2 N–H and O–H groups in total. The molecule has 0 heterocycles. The fourth-order valence-electron chi connectivity index (χ4n) is 2.67. The van der Waals surface area contributed by atoms with Crippen molar-refractivity contribution in [3.63, 3.8) is 0 Å². The van der Waals surface area contributed by atoms with Crippen LogP contribution in [0.15, 0.2) is 36.4 Å². The first-order valence-corrected chi connectivity index (χ1v) is 9.69. The molecule has 9 heteroatoms. The average molecular weight is 449 g/mol. The summed E-state index contributed by atoms with van der Waals surface area (Å²) in [5.41, 5.74) is 0.630. The van der Waals surface area contributed by atoms with E-state index in [0.717, 1.165) is 0 Å². The number of carbonyl (C=O) groups excluding carboxylic acids is 1. The minimum Gasteiger partial charge on any atom is -0.493 e. The van der Waals surface area contributed by atoms with Crippen molar-refractivity contribution in [2.45, 2.75) is 0 Å². The molecule has 0 aliphatic carbocycles. The highest BCUT2D eigenvalue weighted by atomic mass is 35.5. The van der Waals surface area contributed by atoms with Gasteiger partial charge in [0.25, 0.3) is 0 Å². The molecule has 0 aliphatic rings. The van der Waals surface area contributed by atoms with Crippen LogP contribution >= 0.6 is 11.6 Å². The predicted octanol–water partition coefficient (Wildman–Crippen LogP) is 3.65. The van der Waals surface area contributed by atoms with Gasteiger partial charge in [-0.2, -0.15) is 0 Å². The Labute approximate surface area is 186 Å². The number of carboxylic acid groups (broad SMARTS) is 1. The quantitative estimate of drug-likeness (QED) is 0.535. The van der Waals surface area contributed by atoms with Crippen LogP contribution in [0.2, 0.25) is 5.02 Å². The highest BCUT2D eigenvalue weighted by Gasteiger charge is 2.16. The number of amides is 1. The number of methoxy groups -OCH3 is 2. The molecule has 2 aromatic carbocycles. The Bertz CT molecular complexity index is 975. The molecule has 2 rings (SSSR count). The summed E-state index contributed by atoms with van der Waals surface area (Å²) in [6, 6.07) is 7.59. The summed E-state index contributed by atoms with van der Waals surface area (Å²) in [7, 11) is 6.88. The van der Waals surface area contributed by atoms with Crippen molar-refractivity contribution >= 4 is 35.2 Å². The maximum absolute atomic E-state index is 12.4. The van der Waals surface area contributed by atoms with E-state index in [1.807, 2.05) is 19.0 Å². The minimum absolute atomic E-state index is 0.0648. The van der Waals surface area contributed by atoms with Crippen LogP contribution in [0.25, 0.3) is 6.08 Å². The summed E-state index contributed by atoms with van der Waals surface area (Å²) in [6.07, 6.45) is 2.82. The van der Waals surface area contributed by atoms with Crippen LogP contribution in [0.3, 0.4) is 0 Å². The number of nitrogens with one attached hydrogen (secondary N) is 1. The largest absolute Gasteiger partial charge is 0.493 e. The van der Waals surface area contributed by atoms with E-state index in [2.05, 4.69) is 5.32 Å². The Hall–Kier alpha value is -3.23. The van der Waals surface area contributed by atoms with Crippen LogP contribution in [-0.2, 0) is 4.79 Å². The molecule has 0 fully saturated rings. The lowest BCUT2D eigenvalue weighted by molar-refractivity contribution is -0.111. The molecule has 1 amide bonds. The summed E-state index contributed by atoms with van der Waals surface area (Å²) < 4.78 is 16.7. The Morgan fingerprint density at radius 2 is 1.87 bits per heavy atom. The van der Waals surface area contributed by atoms with Gasteiger partial charge in [0.1, 0.15) is 6.61 Å². The van der Waals surface area contributed by atoms with Gasteiger partial charge in [0.2, 0.25) is 11.7 Å². The van der Waals surface area contributed by atoms with Crippen LogP contribution in [0.5, 0.6) is 17.2 Å². The lowest BCUT2D eigenvalue weighted by atomic mass is 10.1. The van der Waals surface area contributed by atoms with Gasteiger partial charge in [-0.3, -0.25) is 4.79 Å². The van der Waals surface area contributed by atoms with Gasteiger partial charge in [0.05, 0.1) is 25.5 Å². The first-order valence-electron chi connectivity index (χ1n) is 9.31. The number of carboxylic acids is 1. The monoisotopic (exact) mass is 448 g/mol. The summed E-state index contributed by atoms with van der Waals surface area (Å²) in [5.74, 6) is -0.367. The van der Waals surface area contributed by atoms with Gasteiger partial charge in [-0.1, -0.05) is 11.6 Å². The Balaban J connectivity index is 2.29. The number of hydrogen-bond acceptors (Lipinski definition) is 6. The SMILES string of the molecule is COc1ccc(C=CC(=O)Nc2cc(Cl)ccc2C(=O)O)c(OCCN(C)C)c1OC. The van der Waals surface area contributed by atoms with Gasteiger partial charge < -0.3 is 29.5 Å². The highest BCUT2D eigenvalue weighted by Crippen LogP contribution is 2.40. The van der Waals surface area contributed by atoms with Crippen molar-refractivity contribution in [1.82, 2.24) is 4.90 Å². The van der Waals surface area contributed by atoms with Crippen molar-refractivity contribution < 1.29 is 28.9 Å². The van der Waals surface area contributed by atoms with Crippen molar-refractivity contribution in [3.05, 3.63) is 52.6 Å². The molecule has 8 nitrogen and oxygen atoms in total. The van der Waals surface area contributed by atoms with Crippen molar-refractivity contribution in [2.75, 3.05) is 46.8 Å². The van der Waals surface area contributed by atoms with E-state index in [1.54, 1.807) is 18.2 Å². The first kappa shape index (κ1) is 24.0. The number of halogens is 1. The van der Waals surface area contributed by atoms with E-state index < -0.39 is 11.9 Å². The topological polar surface area (TPSA) is 97.3 Å². The zero-order valence-electron chi connectivity index (χ0n) is 17.8. The molecular weight excluding hydrogens is 424 g/mol. The van der Waals surface area contributed by atoms with E-state index in [0.29, 0.717) is 41.0 Å². The second-order valence-corrected chi connectivity index (χ2v) is 7.13. The van der Waals surface area contributed by atoms with Crippen LogP contribution in [0.4, 0.5) is 5.69 Å². The number of rotatable bonds is 10. The van der Waals surface area contributed by atoms with Gasteiger partial charge in [0.15, 0.2) is 11.5 Å². The van der Waals surface area contributed by atoms with Gasteiger partial charge >= 0.3 is 5.97 Å². The van der Waals surface area contributed by atoms with E-state index in [-0.39, 0.29) is 11.3 Å². The molecule has 0 unspecified atom stereocenters. The molecule has 0 bridgehead atoms. The zero-order valence-corrected chi connectivity index (χ0v) is 18.5. The lowest BCUT2D eigenvalue weighted by Crippen LogP contribution is -2.19. The zero-order chi connectivity index (χ0) is 23.0. The normalized spacial score (nSPS) is 10.9. The molecular formula is C22H25ClN2O6. The van der Waals surface area contributed by atoms with Crippen LogP contribution in [0.1, 0.15) is 15.9 Å². The number of anilines is 1. The summed E-state index contributed by atoms with van der Waals surface area (Å²) in [6.45, 7) is 1.07. The number of hydrogen-bond donors (Lipinski definition) is 2. The molecule has 166 valence electrons. The molecule has 0 saturated carbocycles. The molecule has 0 saturated heterocycles. The second kappa shape index (κ2) is 11.2. The number of benzene rings is 2. The van der Waals surface area contributed by atoms with Gasteiger partial charge in [-0.15, -0.1) is 0 Å². The smallest absolute Gasteiger partial charge is 0.337 e. The lowest BCUT2D eigenvalue weighted by Gasteiger charge is -2.17. The van der Waals surface area contributed by atoms with E-state index >= 15 is 0 Å². The second-order valence-electron chi connectivity index (χ2n) is 6.69. The number of carbonyl (C=O) groups is 2. The molecule has 0 radical (unpaired) electrons. The Kier molecular flexibility index (Phi) is 8.72. The van der Waals surface area contributed by atoms with Crippen LogP contribution in [0, 0.1) is 0 Å². The summed E-state index contributed by atoms with van der Waals surface area (Å²) in [4.78, 5) is 25.8. The average Bonchev–Trinajstić information content (AvgIpc) is 2.71. The molecule has 0 spiro atoms. The predicted molar refractivity (Wildman–Crippen MR) is 120 cm³/mol. The van der Waals surface area contributed by atoms with E-state index in [4.69, 9.17) is 25.8 Å². The minimum atomic E-state index is -1.17. The maximum atomic E-state index is 12.4. The standard InChI is InChI=1S/C22H25ClN2O6/c1-25(2)11-12-31-20-14(5-9-18(29-3)21(20)30-4)6-10-19(26)24-17-13-15(23)7-8-16(17)22(27)28/h5-10,13H,11-12H2,1-4H3,(H,24,26)(H,27,28). The summed E-state index contributed by atoms with van der Waals surface area (Å²) in [5, 5.41) is 12.1. The molecule has 0 aliphatic heterocycles. The first-order chi connectivity index (χ1) is 14.8. The van der Waals surface area contributed by atoms with E-state index in [1.165, 1.54) is 38.5 Å². The highest BCUT2D eigenvalue weighted by molar-refractivity contribution is 6.31. The van der Waals surface area contributed by atoms with Crippen molar-refractivity contribution in [2.24, 2.45) is 0 Å². The number of ether oxygens (including phenoxy) is 3. The van der Waals surface area contributed by atoms with E-state index in [9.17, 15) is 14.7 Å². The third-order valence-electron chi connectivity index (χ3n) is 4.20. The van der Waals surface area contributed by atoms with Gasteiger partial charge in [0, 0.05) is 23.2 Å². The van der Waals surface area contributed by atoms with Gasteiger partial charge in [-0.25, -0.2) is 4.79 Å². The van der Waals surface area contributed by atoms with Crippen LogP contribution < -0.4 is 19.5 Å². The number of nitrogens with zero attached hydrogens (tertiary/aromatic N) is 1. The third kappa shape index (κ3) is 6.63. The summed E-state index contributed by atoms with van der Waals surface area (Å²) >= 11 is 5.92. The Morgan fingerprint density at radius 3 is 2.48 bits per heavy atom. The fourth-order valence-corrected chi connectivity index (χ4v) is 2.84. The molecule has 0 aromatic heterocycles. The van der Waals surface area contributed by atoms with Crippen molar-refractivity contribution in [3.8, 4) is 17.2 Å². The van der Waals surface area contributed by atoms with Crippen molar-refractivity contribution in [1.29, 1.82) is 0 Å². The molecule has 2 aromatic rings. The maximum Gasteiger partial charge on any atom is 0.337 e. The number of likely N-dealkylation sites (N-methyl/N-ethyl adjacent to an activating group) is 1. The van der Waals surface area contributed by atoms with Gasteiger partial charge in [-0.05, 0) is 50.5 Å².